The van der Waals surface area contributed by atoms with Gasteiger partial charge in [-0.2, -0.15) is 13.2 Å². The van der Waals surface area contributed by atoms with Gasteiger partial charge in [0.25, 0.3) is 0 Å². The first-order valence-electron chi connectivity index (χ1n) is 3.00. The topological polar surface area (TPSA) is 233 Å². The van der Waals surface area contributed by atoms with Crippen LogP contribution < -0.4 is 0 Å². The van der Waals surface area contributed by atoms with Gasteiger partial charge in [-0.25, -0.2) is 13.7 Å². The van der Waals surface area contributed by atoms with E-state index in [-0.39, 0.29) is 0 Å². The number of hydrogen-bond acceptors (Lipinski definition) is 3. The summed E-state index contributed by atoms with van der Waals surface area (Å²) in [5.41, 5.74) is 0. The standard InChI is InChI=1S/CHF3.3H3O4P/c2-1(3)4;3*1-5(2,3)4/h1H;3*(H3,1,2,3,4). The molecular weight excluding hydrogens is 354 g/mol. The molecule has 19 heavy (non-hydrogen) atoms. The smallest absolute Gasteiger partial charge is 0.303 e. The molecule has 0 aliphatic heterocycles. The highest BCUT2D eigenvalue weighted by atomic mass is 31.2. The zero-order valence-corrected chi connectivity index (χ0v) is 11.0. The van der Waals surface area contributed by atoms with Gasteiger partial charge in [0.2, 0.25) is 0 Å². The van der Waals surface area contributed by atoms with Crippen molar-refractivity contribution < 1.29 is 70.9 Å². The van der Waals surface area contributed by atoms with Crippen LogP contribution in [0.4, 0.5) is 13.2 Å². The van der Waals surface area contributed by atoms with E-state index in [1.807, 2.05) is 0 Å². The zero-order valence-electron chi connectivity index (χ0n) is 8.30. The van der Waals surface area contributed by atoms with Crippen LogP contribution in [-0.2, 0) is 13.7 Å². The second kappa shape index (κ2) is 11.9. The summed E-state index contributed by atoms with van der Waals surface area (Å²) in [5, 5.41) is 0. The van der Waals surface area contributed by atoms with E-state index in [1.165, 1.54) is 0 Å². The third-order valence-corrected chi connectivity index (χ3v) is 0. The van der Waals surface area contributed by atoms with Gasteiger partial charge in [-0.1, -0.05) is 0 Å². The number of hydrogen-bond donors (Lipinski definition) is 9. The van der Waals surface area contributed by atoms with Crippen LogP contribution in [0.25, 0.3) is 0 Å². The number of halogens is 3. The average molecular weight is 364 g/mol. The SMILES string of the molecule is FC(F)F.O=P(O)(O)O.O=P(O)(O)O.O=P(O)(O)O. The Labute approximate surface area is 102 Å². The molecule has 9 N–H and O–H groups in total. The van der Waals surface area contributed by atoms with E-state index >= 15 is 0 Å². The molecule has 0 radical (unpaired) electrons. The summed E-state index contributed by atoms with van der Waals surface area (Å²) in [6.45, 7) is -3.67. The first-order chi connectivity index (χ1) is 7.73. The molecule has 0 aliphatic carbocycles. The molecule has 0 aromatic rings. The van der Waals surface area contributed by atoms with Gasteiger partial charge in [0.15, 0.2) is 0 Å². The van der Waals surface area contributed by atoms with Gasteiger partial charge in [0.1, 0.15) is 0 Å². The Kier molecular flexibility index (Phi) is 17.2. The van der Waals surface area contributed by atoms with Gasteiger partial charge in [0, 0.05) is 0 Å². The van der Waals surface area contributed by atoms with Crippen LogP contribution in [0.1, 0.15) is 0 Å². The maximum Gasteiger partial charge on any atom is 0.466 e. The monoisotopic (exact) mass is 364 g/mol. The van der Waals surface area contributed by atoms with E-state index in [1.54, 1.807) is 0 Å². The summed E-state index contributed by atoms with van der Waals surface area (Å²) < 4.78 is 55.6. The van der Waals surface area contributed by atoms with E-state index in [9.17, 15) is 13.2 Å². The molecule has 0 aromatic heterocycles. The Morgan fingerprint density at radius 2 is 0.526 bits per heavy atom. The zero-order chi connectivity index (χ0) is 17.1. The van der Waals surface area contributed by atoms with Crippen LogP contribution in [0.3, 0.4) is 0 Å². The molecule has 0 bridgehead atoms. The van der Waals surface area contributed by atoms with Crippen molar-refractivity contribution in [3.63, 3.8) is 0 Å². The second-order valence-electron chi connectivity index (χ2n) is 1.79. The Balaban J connectivity index is -0.0000000793. The second-order valence-corrected chi connectivity index (χ2v) is 4.87. The molecular formula is CH10F3O12P3. The molecule has 0 aliphatic rings. The molecule has 0 fully saturated rings. The Morgan fingerprint density at radius 3 is 0.526 bits per heavy atom. The van der Waals surface area contributed by atoms with Gasteiger partial charge >= 0.3 is 30.1 Å². The predicted octanol–water partition coefficient (Wildman–Crippen LogP) is -1.61. The average Bonchev–Trinajstić information content (AvgIpc) is 1.66. The maximum absolute atomic E-state index is 9.67. The van der Waals surface area contributed by atoms with Crippen molar-refractivity contribution >= 4 is 23.5 Å². The molecule has 122 valence electrons. The normalized spacial score (nSPS) is 11.2. The summed E-state index contributed by atoms with van der Waals surface area (Å²) in [4.78, 5) is 64.7. The molecule has 18 heteroatoms. The largest absolute Gasteiger partial charge is 0.466 e. The third kappa shape index (κ3) is 327000. The van der Waals surface area contributed by atoms with Crippen molar-refractivity contribution in [1.82, 2.24) is 0 Å². The fourth-order valence-corrected chi connectivity index (χ4v) is 0. The van der Waals surface area contributed by atoms with Crippen molar-refractivity contribution in [2.45, 2.75) is 6.68 Å². The lowest BCUT2D eigenvalue weighted by Crippen LogP contribution is -1.66. The first kappa shape index (κ1) is 27.5. The van der Waals surface area contributed by atoms with Crippen molar-refractivity contribution in [3.05, 3.63) is 0 Å². The van der Waals surface area contributed by atoms with Gasteiger partial charge < -0.3 is 44.0 Å². The molecule has 0 rings (SSSR count). The summed E-state index contributed by atoms with van der Waals surface area (Å²) in [6.07, 6.45) is 0. The quantitative estimate of drug-likeness (QED) is 0.221. The highest BCUT2D eigenvalue weighted by molar-refractivity contribution is 7.45. The Bertz CT molecular complexity index is 248. The fourth-order valence-electron chi connectivity index (χ4n) is 0. The molecule has 12 nitrogen and oxygen atoms in total. The van der Waals surface area contributed by atoms with Crippen LogP contribution in [0.2, 0.25) is 0 Å². The summed E-state index contributed by atoms with van der Waals surface area (Å²) in [6, 6.07) is 0. The number of rotatable bonds is 0. The lowest BCUT2D eigenvalue weighted by molar-refractivity contribution is 0.00817. The molecule has 0 spiro atoms. The highest BCUT2D eigenvalue weighted by Gasteiger charge is 2.01. The van der Waals surface area contributed by atoms with Crippen LogP contribution in [-0.4, -0.2) is 50.7 Å². The molecule has 0 unspecified atom stereocenters. The van der Waals surface area contributed by atoms with E-state index < -0.39 is 30.1 Å². The van der Waals surface area contributed by atoms with Crippen LogP contribution >= 0.6 is 23.5 Å². The lowest BCUT2D eigenvalue weighted by atomic mass is 11.6. The minimum absolute atomic E-state index is 3.67. The molecule has 0 amide bonds. The fraction of sp³-hybridized carbons (Fsp3) is 1.00. The first-order valence-corrected chi connectivity index (χ1v) is 7.70. The van der Waals surface area contributed by atoms with Gasteiger partial charge in [-0.3, -0.25) is 0 Å². The Morgan fingerprint density at radius 1 is 0.526 bits per heavy atom. The lowest BCUT2D eigenvalue weighted by Gasteiger charge is -1.82. The molecule has 0 heterocycles. The van der Waals surface area contributed by atoms with Crippen LogP contribution in [0.15, 0.2) is 0 Å². The van der Waals surface area contributed by atoms with Gasteiger partial charge in [-0.05, 0) is 0 Å². The van der Waals surface area contributed by atoms with E-state index in [0.29, 0.717) is 0 Å². The van der Waals surface area contributed by atoms with E-state index in [2.05, 4.69) is 0 Å². The van der Waals surface area contributed by atoms with Crippen molar-refractivity contribution in [2.24, 2.45) is 0 Å². The molecule has 0 saturated carbocycles. The molecule has 0 saturated heterocycles. The van der Waals surface area contributed by atoms with Crippen molar-refractivity contribution in [2.75, 3.05) is 0 Å². The maximum atomic E-state index is 9.67. The van der Waals surface area contributed by atoms with E-state index in [0.717, 1.165) is 0 Å². The molecule has 0 aromatic carbocycles. The highest BCUT2D eigenvalue weighted by Crippen LogP contribution is 2.26. The summed E-state index contributed by atoms with van der Waals surface area (Å²) in [5.74, 6) is 0. The number of alkyl halides is 3. The summed E-state index contributed by atoms with van der Waals surface area (Å²) >= 11 is 0. The minimum Gasteiger partial charge on any atom is -0.303 e. The Hall–Kier alpha value is 0.120. The summed E-state index contributed by atoms with van der Waals surface area (Å²) in [7, 11) is -13.9. The van der Waals surface area contributed by atoms with Gasteiger partial charge in [0.05, 0.1) is 0 Å². The molecule has 0 atom stereocenters. The third-order valence-electron chi connectivity index (χ3n) is 0. The van der Waals surface area contributed by atoms with Crippen LogP contribution in [0.5, 0.6) is 0 Å². The van der Waals surface area contributed by atoms with Crippen LogP contribution in [0, 0.1) is 0 Å². The number of phosphoric acid groups is 3. The van der Waals surface area contributed by atoms with Gasteiger partial charge in [-0.15, -0.1) is 0 Å². The van der Waals surface area contributed by atoms with E-state index in [4.69, 9.17) is 57.7 Å². The minimum atomic E-state index is -4.64. The predicted molar refractivity (Wildman–Crippen MR) is 49.9 cm³/mol. The van der Waals surface area contributed by atoms with Crippen molar-refractivity contribution in [3.8, 4) is 0 Å². The van der Waals surface area contributed by atoms with Crippen molar-refractivity contribution in [1.29, 1.82) is 0 Å².